The van der Waals surface area contributed by atoms with Gasteiger partial charge in [0.2, 0.25) is 10.9 Å². The normalized spacial score (nSPS) is 24.0. The minimum absolute atomic E-state index is 0.0487. The molecule has 4 N–H and O–H groups in total. The van der Waals surface area contributed by atoms with E-state index in [1.165, 1.54) is 33.7 Å². The summed E-state index contributed by atoms with van der Waals surface area (Å²) in [6, 6.07) is 6.04. The van der Waals surface area contributed by atoms with Gasteiger partial charge in [0.05, 0.1) is 13.1 Å². The average Bonchev–Trinajstić information content (AvgIpc) is 4.03. The van der Waals surface area contributed by atoms with E-state index >= 15 is 0 Å². The van der Waals surface area contributed by atoms with E-state index < -0.39 is 69.3 Å². The van der Waals surface area contributed by atoms with Crippen LogP contribution in [0.3, 0.4) is 0 Å². The van der Waals surface area contributed by atoms with Crippen molar-refractivity contribution in [2.45, 2.75) is 63.4 Å². The van der Waals surface area contributed by atoms with E-state index in [0.717, 1.165) is 51.2 Å². The summed E-state index contributed by atoms with van der Waals surface area (Å²) in [6.45, 7) is 3.39. The number of nitrogens with zero attached hydrogens (tertiary/aromatic N) is 6. The Hall–Kier alpha value is -6.54. The summed E-state index contributed by atoms with van der Waals surface area (Å²) in [5.41, 5.74) is -2.77. The highest BCUT2D eigenvalue weighted by Gasteiger charge is 2.52. The van der Waals surface area contributed by atoms with Crippen molar-refractivity contribution in [3.05, 3.63) is 126 Å². The number of pyridine rings is 2. The SMILES string of the molecule is O=C(NCc1ccc(F)cc1F)c1cn2c(c(O)c1=O)C(=O)N1C(C2)N2CC[C@@H]1C2.O=C(NCc1ccc(F)cc1F)c1cn2c(c(O)c1=O)C(=O)N1C(C2)N2CC[C@H]1C2. The molecule has 20 heteroatoms. The average molecular weight is 833 g/mol. The predicted molar refractivity (Wildman–Crippen MR) is 200 cm³/mol. The van der Waals surface area contributed by atoms with Crippen molar-refractivity contribution in [1.29, 1.82) is 0 Å². The van der Waals surface area contributed by atoms with Gasteiger partial charge in [-0.2, -0.15) is 0 Å². The monoisotopic (exact) mass is 832 g/mol. The molecule has 4 bridgehead atoms. The Bertz CT molecular complexity index is 2480. The van der Waals surface area contributed by atoms with Gasteiger partial charge < -0.3 is 39.8 Å². The van der Waals surface area contributed by atoms with Gasteiger partial charge in [-0.3, -0.25) is 38.6 Å². The fourth-order valence-corrected chi connectivity index (χ4v) is 9.21. The van der Waals surface area contributed by atoms with Crippen LogP contribution in [0, 0.1) is 23.3 Å². The number of carbonyl (C=O) groups is 4. The second-order valence-electron chi connectivity index (χ2n) is 15.5. The van der Waals surface area contributed by atoms with E-state index in [0.29, 0.717) is 25.2 Å². The third-order valence-electron chi connectivity index (χ3n) is 12.2. The number of aromatic nitrogens is 2. The molecule has 312 valence electrons. The Morgan fingerprint density at radius 2 is 1.02 bits per heavy atom. The molecule has 6 aliphatic rings. The van der Waals surface area contributed by atoms with Crippen LogP contribution in [0.25, 0.3) is 0 Å². The predicted octanol–water partition coefficient (Wildman–Crippen LogP) is 1.26. The van der Waals surface area contributed by atoms with E-state index in [9.17, 15) is 56.5 Å². The molecule has 4 amide bonds. The van der Waals surface area contributed by atoms with Crippen LogP contribution in [0.4, 0.5) is 17.6 Å². The first-order chi connectivity index (χ1) is 28.7. The Balaban J connectivity index is 0.000000154. The summed E-state index contributed by atoms with van der Waals surface area (Å²) >= 11 is 0. The van der Waals surface area contributed by atoms with E-state index in [2.05, 4.69) is 20.4 Å². The minimum atomic E-state index is -0.963. The fraction of sp³-hybridized carbons (Fsp3) is 0.350. The number of rotatable bonds is 6. The van der Waals surface area contributed by atoms with Crippen molar-refractivity contribution < 1.29 is 47.0 Å². The molecule has 0 aliphatic carbocycles. The molecule has 0 saturated carbocycles. The number of hydrogen-bond donors (Lipinski definition) is 4. The lowest BCUT2D eigenvalue weighted by molar-refractivity contribution is 0.0312. The molecule has 0 spiro atoms. The van der Waals surface area contributed by atoms with Crippen molar-refractivity contribution in [2.24, 2.45) is 0 Å². The van der Waals surface area contributed by atoms with Crippen LogP contribution in [-0.4, -0.2) is 113 Å². The van der Waals surface area contributed by atoms with Gasteiger partial charge in [-0.1, -0.05) is 12.1 Å². The molecule has 60 heavy (non-hydrogen) atoms. The van der Waals surface area contributed by atoms with E-state index in [-0.39, 0.29) is 71.1 Å². The van der Waals surface area contributed by atoms with Gasteiger partial charge >= 0.3 is 0 Å². The van der Waals surface area contributed by atoms with Crippen LogP contribution >= 0.6 is 0 Å². The van der Waals surface area contributed by atoms with Gasteiger partial charge in [-0.25, -0.2) is 17.6 Å². The zero-order valence-electron chi connectivity index (χ0n) is 31.5. The van der Waals surface area contributed by atoms with Gasteiger partial charge in [0, 0.05) is 87.0 Å². The third kappa shape index (κ3) is 6.37. The molecule has 4 fully saturated rings. The highest BCUT2D eigenvalue weighted by Crippen LogP contribution is 2.38. The second kappa shape index (κ2) is 14.6. The topological polar surface area (TPSA) is 190 Å². The highest BCUT2D eigenvalue weighted by molar-refractivity contribution is 6.00. The van der Waals surface area contributed by atoms with Gasteiger partial charge in [-0.15, -0.1) is 0 Å². The van der Waals surface area contributed by atoms with Crippen LogP contribution in [0.15, 0.2) is 58.4 Å². The molecule has 4 saturated heterocycles. The number of aromatic hydroxyl groups is 2. The molecule has 10 rings (SSSR count). The standard InChI is InChI=1S/2C20H18F2N4O4/c2*21-11-2-1-10(14(22)5-11)6-23-19(29)13-8-25-9-15-24-4-3-12(7-24)26(15)20(30)16(25)18(28)17(13)27/h2*1-2,5,8,12,15,28H,3-4,6-7,9H2,(H,23,29)/t2*12-,15?/m10/s1. The lowest BCUT2D eigenvalue weighted by atomic mass is 10.1. The maximum Gasteiger partial charge on any atom is 0.276 e. The summed E-state index contributed by atoms with van der Waals surface area (Å²) in [4.78, 5) is 83.8. The van der Waals surface area contributed by atoms with Gasteiger partial charge in [0.15, 0.2) is 22.9 Å². The van der Waals surface area contributed by atoms with E-state index in [1.54, 1.807) is 9.80 Å². The third-order valence-corrected chi connectivity index (χ3v) is 12.2. The van der Waals surface area contributed by atoms with Crippen molar-refractivity contribution >= 4 is 23.6 Å². The first-order valence-electron chi connectivity index (χ1n) is 19.2. The quantitative estimate of drug-likeness (QED) is 0.206. The molecule has 6 atom stereocenters. The van der Waals surface area contributed by atoms with Crippen molar-refractivity contribution in [3.8, 4) is 11.5 Å². The minimum Gasteiger partial charge on any atom is -0.503 e. The molecule has 4 aromatic rings. The molecule has 2 aromatic carbocycles. The summed E-state index contributed by atoms with van der Waals surface area (Å²) < 4.78 is 56.4. The van der Waals surface area contributed by atoms with Crippen molar-refractivity contribution in [2.75, 3.05) is 26.2 Å². The van der Waals surface area contributed by atoms with Crippen LogP contribution < -0.4 is 21.5 Å². The number of amides is 4. The lowest BCUT2D eigenvalue weighted by Crippen LogP contribution is -2.55. The van der Waals surface area contributed by atoms with Crippen LogP contribution in [0.1, 0.15) is 65.7 Å². The largest absolute Gasteiger partial charge is 0.503 e. The molecule has 8 heterocycles. The Morgan fingerprint density at radius 3 is 1.40 bits per heavy atom. The van der Waals surface area contributed by atoms with Crippen molar-refractivity contribution in [1.82, 2.24) is 39.4 Å². The number of nitrogens with one attached hydrogen (secondary N) is 2. The zero-order valence-corrected chi connectivity index (χ0v) is 31.5. The zero-order chi connectivity index (χ0) is 42.3. The molecule has 4 unspecified atom stereocenters. The Labute approximate surface area is 336 Å². The van der Waals surface area contributed by atoms with Crippen LogP contribution in [0.2, 0.25) is 0 Å². The van der Waals surface area contributed by atoms with Gasteiger partial charge in [0.1, 0.15) is 46.7 Å². The molecule has 0 radical (unpaired) electrons. The molecule has 6 aliphatic heterocycles. The lowest BCUT2D eigenvalue weighted by Gasteiger charge is -2.40. The van der Waals surface area contributed by atoms with Crippen molar-refractivity contribution in [3.63, 3.8) is 0 Å². The molecule has 2 aromatic heterocycles. The highest BCUT2D eigenvalue weighted by atomic mass is 19.1. The van der Waals surface area contributed by atoms with Gasteiger partial charge in [-0.05, 0) is 25.0 Å². The summed E-state index contributed by atoms with van der Waals surface area (Å²) in [5.74, 6) is -7.15. The number of fused-ring (bicyclic) bond motifs is 12. The Morgan fingerprint density at radius 1 is 0.617 bits per heavy atom. The number of halogens is 4. The van der Waals surface area contributed by atoms with Crippen LogP contribution in [-0.2, 0) is 26.2 Å². The van der Waals surface area contributed by atoms with E-state index in [1.807, 2.05) is 0 Å². The number of benzene rings is 2. The summed E-state index contributed by atoms with van der Waals surface area (Å²) in [5, 5.41) is 25.6. The first kappa shape index (κ1) is 38.9. The summed E-state index contributed by atoms with van der Waals surface area (Å²) in [6.07, 6.45) is 3.89. The summed E-state index contributed by atoms with van der Waals surface area (Å²) in [7, 11) is 0. The first-order valence-corrected chi connectivity index (χ1v) is 19.2. The smallest absolute Gasteiger partial charge is 0.276 e. The maximum absolute atomic E-state index is 13.8. The van der Waals surface area contributed by atoms with Gasteiger partial charge in [0.25, 0.3) is 23.6 Å². The second-order valence-corrected chi connectivity index (χ2v) is 15.5. The number of hydrogen-bond acceptors (Lipinski definition) is 10. The molecular weight excluding hydrogens is 796 g/mol. The van der Waals surface area contributed by atoms with E-state index in [4.69, 9.17) is 0 Å². The Kier molecular flexibility index (Phi) is 9.49. The fourth-order valence-electron chi connectivity index (χ4n) is 9.21. The van der Waals surface area contributed by atoms with Crippen LogP contribution in [0.5, 0.6) is 11.5 Å². The maximum atomic E-state index is 13.8. The molecular formula is C40H36F4N8O8. The number of carbonyl (C=O) groups excluding carboxylic acids is 4. The molecule has 16 nitrogen and oxygen atoms in total.